The van der Waals surface area contributed by atoms with Crippen LogP contribution < -0.4 is 0 Å². The Balaban J connectivity index is 3.42. The third-order valence-electron chi connectivity index (χ3n) is 2.00. The van der Waals surface area contributed by atoms with Crippen LogP contribution in [0.1, 0.15) is 46.5 Å². The monoisotopic (exact) mass is 233 g/mol. The maximum absolute atomic E-state index is 10.1. The van der Waals surface area contributed by atoms with Crippen LogP contribution in [0.25, 0.3) is 0 Å². The van der Waals surface area contributed by atoms with Gasteiger partial charge >= 0.3 is 6.16 Å². The standard InChI is InChI=1S/C11H21O5/c1-4-5-6-7-8-14-9(2)15-10(3)16-11(12)13/h9-10H,4-8H2,1-3H3. The molecule has 0 aliphatic heterocycles. The summed E-state index contributed by atoms with van der Waals surface area (Å²) in [4.78, 5) is 10.1. The summed E-state index contributed by atoms with van der Waals surface area (Å²) < 4.78 is 14.7. The molecule has 0 bridgehead atoms. The molecule has 0 aliphatic rings. The number of rotatable bonds is 9. The first kappa shape index (κ1) is 15.2. The zero-order chi connectivity index (χ0) is 12.4. The van der Waals surface area contributed by atoms with Crippen LogP contribution in [0, 0.1) is 0 Å². The van der Waals surface area contributed by atoms with Crippen molar-refractivity contribution in [1.82, 2.24) is 0 Å². The molecule has 0 fully saturated rings. The normalized spacial score (nSPS) is 14.4. The van der Waals surface area contributed by atoms with Gasteiger partial charge in [-0.1, -0.05) is 26.2 Å². The van der Waals surface area contributed by atoms with Gasteiger partial charge in [-0.2, -0.15) is 9.90 Å². The van der Waals surface area contributed by atoms with E-state index in [1.54, 1.807) is 6.92 Å². The van der Waals surface area contributed by atoms with Crippen molar-refractivity contribution in [3.8, 4) is 0 Å². The molecule has 0 amide bonds. The maximum atomic E-state index is 10.1. The first-order valence-electron chi connectivity index (χ1n) is 5.71. The van der Waals surface area contributed by atoms with Gasteiger partial charge in [-0.05, 0) is 20.3 Å². The van der Waals surface area contributed by atoms with Gasteiger partial charge in [0.15, 0.2) is 6.29 Å². The van der Waals surface area contributed by atoms with Crippen LogP contribution in [0.2, 0.25) is 0 Å². The molecule has 0 saturated carbocycles. The SMILES string of the molecule is CCCCCCOC(C)OC(C)OC([O])=O. The molecule has 0 saturated heterocycles. The summed E-state index contributed by atoms with van der Waals surface area (Å²) in [6, 6.07) is 0. The minimum Gasteiger partial charge on any atom is -0.402 e. The Bertz CT molecular complexity index is 183. The minimum absolute atomic E-state index is 0.476. The van der Waals surface area contributed by atoms with Gasteiger partial charge in [0.25, 0.3) is 0 Å². The lowest BCUT2D eigenvalue weighted by Gasteiger charge is -2.17. The maximum Gasteiger partial charge on any atom is 0.552 e. The van der Waals surface area contributed by atoms with Crippen molar-refractivity contribution in [2.45, 2.75) is 59.0 Å². The largest absolute Gasteiger partial charge is 0.552 e. The van der Waals surface area contributed by atoms with Crippen molar-refractivity contribution in [2.24, 2.45) is 0 Å². The van der Waals surface area contributed by atoms with Gasteiger partial charge in [-0.25, -0.2) is 0 Å². The first-order chi connectivity index (χ1) is 7.56. The highest BCUT2D eigenvalue weighted by Crippen LogP contribution is 2.04. The van der Waals surface area contributed by atoms with Crippen LogP contribution in [0.3, 0.4) is 0 Å². The van der Waals surface area contributed by atoms with Gasteiger partial charge in [0.2, 0.25) is 6.29 Å². The van der Waals surface area contributed by atoms with E-state index in [2.05, 4.69) is 11.7 Å². The third-order valence-corrected chi connectivity index (χ3v) is 2.00. The number of hydrogen-bond donors (Lipinski definition) is 0. The highest BCUT2D eigenvalue weighted by molar-refractivity contribution is 5.56. The van der Waals surface area contributed by atoms with E-state index in [0.717, 1.165) is 12.8 Å². The molecular formula is C11H21O5. The second-order valence-corrected chi connectivity index (χ2v) is 3.57. The smallest absolute Gasteiger partial charge is 0.402 e. The van der Waals surface area contributed by atoms with Gasteiger partial charge in [0.05, 0.1) is 0 Å². The first-order valence-corrected chi connectivity index (χ1v) is 5.71. The van der Waals surface area contributed by atoms with Crippen LogP contribution in [-0.4, -0.2) is 25.3 Å². The van der Waals surface area contributed by atoms with E-state index in [1.807, 2.05) is 0 Å². The molecule has 0 spiro atoms. The van der Waals surface area contributed by atoms with Crippen molar-refractivity contribution >= 4 is 6.16 Å². The summed E-state index contributed by atoms with van der Waals surface area (Å²) in [5.74, 6) is 0. The average Bonchev–Trinajstić information content (AvgIpc) is 2.15. The number of carbonyl (C=O) groups is 1. The zero-order valence-electron chi connectivity index (χ0n) is 10.2. The fourth-order valence-corrected chi connectivity index (χ4v) is 1.25. The predicted octanol–water partition coefficient (Wildman–Crippen LogP) is 2.86. The highest BCUT2D eigenvalue weighted by atomic mass is 16.8. The predicted molar refractivity (Wildman–Crippen MR) is 57.3 cm³/mol. The molecule has 0 aromatic heterocycles. The van der Waals surface area contributed by atoms with Gasteiger partial charge in [0, 0.05) is 6.61 Å². The lowest BCUT2D eigenvalue weighted by atomic mass is 10.2. The number of carbonyl (C=O) groups excluding carboxylic acids is 1. The molecule has 5 nitrogen and oxygen atoms in total. The van der Waals surface area contributed by atoms with Gasteiger partial charge in [-0.15, -0.1) is 0 Å². The summed E-state index contributed by atoms with van der Waals surface area (Å²) >= 11 is 0. The molecule has 5 heteroatoms. The minimum atomic E-state index is -1.59. The molecule has 0 aliphatic carbocycles. The number of hydrogen-bond acceptors (Lipinski definition) is 4. The second kappa shape index (κ2) is 9.42. The summed E-state index contributed by atoms with van der Waals surface area (Å²) in [5.41, 5.74) is 0. The Morgan fingerprint density at radius 1 is 1.12 bits per heavy atom. The number of unbranched alkanes of at least 4 members (excludes halogenated alkanes) is 3. The van der Waals surface area contributed by atoms with Gasteiger partial charge in [-0.3, -0.25) is 0 Å². The van der Waals surface area contributed by atoms with Crippen LogP contribution in [0.5, 0.6) is 0 Å². The van der Waals surface area contributed by atoms with E-state index in [1.165, 1.54) is 19.8 Å². The summed E-state index contributed by atoms with van der Waals surface area (Å²) in [6.45, 7) is 5.94. The Morgan fingerprint density at radius 3 is 2.38 bits per heavy atom. The van der Waals surface area contributed by atoms with E-state index in [9.17, 15) is 9.90 Å². The molecule has 2 unspecified atom stereocenters. The molecule has 16 heavy (non-hydrogen) atoms. The quantitative estimate of drug-likeness (QED) is 0.349. The van der Waals surface area contributed by atoms with E-state index in [4.69, 9.17) is 9.47 Å². The van der Waals surface area contributed by atoms with Crippen molar-refractivity contribution in [3.05, 3.63) is 0 Å². The zero-order valence-corrected chi connectivity index (χ0v) is 10.2. The molecule has 0 heterocycles. The average molecular weight is 233 g/mol. The molecule has 2 atom stereocenters. The van der Waals surface area contributed by atoms with Crippen LogP contribution in [0.15, 0.2) is 0 Å². The van der Waals surface area contributed by atoms with Crippen LogP contribution >= 0.6 is 0 Å². The van der Waals surface area contributed by atoms with Crippen molar-refractivity contribution in [2.75, 3.05) is 6.61 Å². The fourth-order valence-electron chi connectivity index (χ4n) is 1.25. The van der Waals surface area contributed by atoms with Crippen LogP contribution in [-0.2, 0) is 19.3 Å². The Labute approximate surface area is 96.7 Å². The Kier molecular flexibility index (Phi) is 8.94. The summed E-state index contributed by atoms with van der Waals surface area (Å²) in [6.07, 6.45) is 1.56. The molecule has 0 rings (SSSR count). The fraction of sp³-hybridized carbons (Fsp3) is 0.909. The third kappa shape index (κ3) is 9.73. The van der Waals surface area contributed by atoms with E-state index in [-0.39, 0.29) is 0 Å². The van der Waals surface area contributed by atoms with E-state index in [0.29, 0.717) is 6.61 Å². The second-order valence-electron chi connectivity index (χ2n) is 3.57. The lowest BCUT2D eigenvalue weighted by Crippen LogP contribution is -2.24. The summed E-state index contributed by atoms with van der Waals surface area (Å²) in [7, 11) is 0. The Morgan fingerprint density at radius 2 is 1.81 bits per heavy atom. The lowest BCUT2D eigenvalue weighted by molar-refractivity contribution is -0.218. The van der Waals surface area contributed by atoms with Gasteiger partial charge in [0.1, 0.15) is 0 Å². The molecule has 95 valence electrons. The van der Waals surface area contributed by atoms with Crippen molar-refractivity contribution in [3.63, 3.8) is 0 Å². The molecule has 0 aromatic carbocycles. The summed E-state index contributed by atoms with van der Waals surface area (Å²) in [5, 5.41) is 10.1. The molecular weight excluding hydrogens is 212 g/mol. The molecule has 1 radical (unpaired) electrons. The Hall–Kier alpha value is -0.810. The van der Waals surface area contributed by atoms with Crippen LogP contribution in [0.4, 0.5) is 4.79 Å². The highest BCUT2D eigenvalue weighted by Gasteiger charge is 2.13. The number of ether oxygens (including phenoxy) is 3. The van der Waals surface area contributed by atoms with Gasteiger partial charge < -0.3 is 14.2 Å². The van der Waals surface area contributed by atoms with E-state index < -0.39 is 18.7 Å². The van der Waals surface area contributed by atoms with Crippen molar-refractivity contribution in [1.29, 1.82) is 0 Å². The molecule has 0 N–H and O–H groups in total. The topological polar surface area (TPSA) is 64.7 Å². The molecule has 0 aromatic rings. The van der Waals surface area contributed by atoms with Crippen molar-refractivity contribution < 1.29 is 24.1 Å². The van der Waals surface area contributed by atoms with E-state index >= 15 is 0 Å².